The molecule has 12 heteroatoms. The number of nitro groups is 1. The lowest BCUT2D eigenvalue weighted by Gasteiger charge is -2.52. The molecule has 26 heavy (non-hydrogen) atoms. The van der Waals surface area contributed by atoms with Crippen LogP contribution in [0.4, 0.5) is 16.3 Å². The number of hydrogen-bond donors (Lipinski definition) is 3. The number of nitrogens with zero attached hydrogens (tertiary/aromatic N) is 4. The van der Waals surface area contributed by atoms with Crippen molar-refractivity contribution in [3.05, 3.63) is 28.4 Å². The van der Waals surface area contributed by atoms with Gasteiger partial charge >= 0.3 is 11.9 Å². The first-order chi connectivity index (χ1) is 11.7. The number of carbonyl (C=O) groups excluding carboxylic acids is 1. The summed E-state index contributed by atoms with van der Waals surface area (Å²) in [7, 11) is 1.27. The number of aliphatic hydroxyl groups is 3. The summed E-state index contributed by atoms with van der Waals surface area (Å²) < 4.78 is 5.19. The molecule has 142 valence electrons. The van der Waals surface area contributed by atoms with E-state index < -0.39 is 40.5 Å². The van der Waals surface area contributed by atoms with E-state index >= 15 is 0 Å². The van der Waals surface area contributed by atoms with Crippen LogP contribution in [0.15, 0.2) is 18.3 Å². The van der Waals surface area contributed by atoms with E-state index in [1.807, 2.05) is 0 Å². The predicted molar refractivity (Wildman–Crippen MR) is 91.8 cm³/mol. The number of rotatable bonds is 2. The molecule has 1 unspecified atom stereocenters. The molecule has 0 aromatic carbocycles. The van der Waals surface area contributed by atoms with Crippen molar-refractivity contribution in [2.75, 3.05) is 18.0 Å². The van der Waals surface area contributed by atoms with Crippen molar-refractivity contribution < 1.29 is 29.8 Å². The van der Waals surface area contributed by atoms with Crippen molar-refractivity contribution in [1.29, 1.82) is 0 Å². The second-order valence-electron chi connectivity index (χ2n) is 7.29. The Hall–Kier alpha value is -2.44. The van der Waals surface area contributed by atoms with Gasteiger partial charge in [-0.15, -0.1) is 0 Å². The molecule has 3 N–H and O–H groups in total. The van der Waals surface area contributed by atoms with E-state index in [1.54, 1.807) is 20.8 Å². The fourth-order valence-corrected chi connectivity index (χ4v) is 2.76. The maximum Gasteiger partial charge on any atom is 0.410 e. The lowest BCUT2D eigenvalue weighted by atomic mass is 9.85. The number of hydrogen-bond acceptors (Lipinski definition) is 9. The predicted octanol–water partition coefficient (Wildman–Crippen LogP) is -1.04. The van der Waals surface area contributed by atoms with Gasteiger partial charge in [-0.05, 0) is 36.7 Å². The van der Waals surface area contributed by atoms with Gasteiger partial charge in [0.25, 0.3) is 5.91 Å². The van der Waals surface area contributed by atoms with Gasteiger partial charge in [-0.2, -0.15) is 0 Å². The number of aromatic nitrogens is 1. The highest BCUT2D eigenvalue weighted by Crippen LogP contribution is 2.33. The van der Waals surface area contributed by atoms with Gasteiger partial charge in [0.1, 0.15) is 11.2 Å². The van der Waals surface area contributed by atoms with Crippen LogP contribution in [-0.4, -0.2) is 74.3 Å². The third-order valence-corrected chi connectivity index (χ3v) is 3.56. The summed E-state index contributed by atoms with van der Waals surface area (Å²) >= 11 is 0. The van der Waals surface area contributed by atoms with Gasteiger partial charge in [-0.25, -0.2) is 4.79 Å². The Morgan fingerprint density at radius 2 is 1.96 bits per heavy atom. The summed E-state index contributed by atoms with van der Waals surface area (Å²) in [6.07, 6.45) is 0.225. The zero-order valence-corrected chi connectivity index (χ0v) is 14.9. The summed E-state index contributed by atoms with van der Waals surface area (Å²) in [6.45, 7) is 4.11. The standard InChI is InChI=1S/C14H21BN4O7/c1-12(2,3)26-11(20)17-7-13(15,21)18(14(22,23)8-17)9-4-5-10(16-6-9)19(24)25/h4-6,21-23H,7-8,15H2,1-3H3. The first-order valence-electron chi connectivity index (χ1n) is 7.79. The molecule has 0 aliphatic carbocycles. The molecule has 0 radical (unpaired) electrons. The van der Waals surface area contributed by atoms with Crippen molar-refractivity contribution in [3.8, 4) is 0 Å². The van der Waals surface area contributed by atoms with Crippen molar-refractivity contribution >= 4 is 25.4 Å². The molecule has 1 fully saturated rings. The minimum Gasteiger partial charge on any atom is -0.444 e. The minimum atomic E-state index is -2.66. The SMILES string of the molecule is BC1(O)CN(C(=O)OC(C)(C)C)CC(O)(O)N1c1ccc([N+](=O)[O-])nc1. The Balaban J connectivity index is 2.30. The van der Waals surface area contributed by atoms with Gasteiger partial charge in [-0.1, -0.05) is 0 Å². The van der Waals surface area contributed by atoms with Gasteiger partial charge in [0.05, 0.1) is 18.8 Å². The van der Waals surface area contributed by atoms with E-state index in [-0.39, 0.29) is 12.2 Å². The summed E-state index contributed by atoms with van der Waals surface area (Å²) in [4.78, 5) is 27.6. The normalized spacial score (nSPS) is 22.8. The monoisotopic (exact) mass is 368 g/mol. The highest BCUT2D eigenvalue weighted by atomic mass is 16.6. The number of amides is 1. The average Bonchev–Trinajstić information content (AvgIpc) is 2.43. The molecule has 0 saturated carbocycles. The molecule has 2 rings (SSSR count). The number of anilines is 1. The molecule has 1 aliphatic rings. The Bertz CT molecular complexity index is 684. The molecule has 1 aliphatic heterocycles. The molecule has 0 bridgehead atoms. The van der Waals surface area contributed by atoms with Gasteiger partial charge in [0.15, 0.2) is 14.0 Å². The smallest absolute Gasteiger partial charge is 0.410 e. The molecular formula is C14H21BN4O7. The average molecular weight is 368 g/mol. The van der Waals surface area contributed by atoms with E-state index in [0.29, 0.717) is 0 Å². The van der Waals surface area contributed by atoms with E-state index in [9.17, 15) is 30.2 Å². The Morgan fingerprint density at radius 1 is 1.35 bits per heavy atom. The largest absolute Gasteiger partial charge is 0.444 e. The van der Waals surface area contributed by atoms with Crippen LogP contribution in [0.25, 0.3) is 0 Å². The third-order valence-electron chi connectivity index (χ3n) is 3.56. The van der Waals surface area contributed by atoms with Crippen LogP contribution in [0, 0.1) is 10.1 Å². The van der Waals surface area contributed by atoms with Crippen molar-refractivity contribution in [3.63, 3.8) is 0 Å². The summed E-state index contributed by atoms with van der Waals surface area (Å²) in [5, 5.41) is 42.3. The van der Waals surface area contributed by atoms with Crippen LogP contribution in [0.5, 0.6) is 0 Å². The van der Waals surface area contributed by atoms with Crippen molar-refractivity contribution in [2.24, 2.45) is 0 Å². The molecule has 1 atom stereocenters. The number of β-amino-alcohol motifs (C(OH)–C–C–N with tert-alkyl or cyclic N) is 3. The fraction of sp³-hybridized carbons (Fsp3) is 0.571. The lowest BCUT2D eigenvalue weighted by Crippen LogP contribution is -2.74. The highest BCUT2D eigenvalue weighted by molar-refractivity contribution is 6.16. The van der Waals surface area contributed by atoms with Crippen molar-refractivity contribution in [1.82, 2.24) is 9.88 Å². The van der Waals surface area contributed by atoms with Crippen molar-refractivity contribution in [2.45, 2.75) is 37.9 Å². The molecule has 1 amide bonds. The fourth-order valence-electron chi connectivity index (χ4n) is 2.76. The second-order valence-corrected chi connectivity index (χ2v) is 7.29. The van der Waals surface area contributed by atoms with Crippen LogP contribution in [0.3, 0.4) is 0 Å². The lowest BCUT2D eigenvalue weighted by molar-refractivity contribution is -0.389. The van der Waals surface area contributed by atoms with Crippen LogP contribution in [0.1, 0.15) is 20.8 Å². The van der Waals surface area contributed by atoms with Gasteiger partial charge < -0.3 is 30.2 Å². The third kappa shape index (κ3) is 4.21. The van der Waals surface area contributed by atoms with Crippen LogP contribution in [0.2, 0.25) is 0 Å². The summed E-state index contributed by atoms with van der Waals surface area (Å²) in [5.41, 5.74) is -2.67. The topological polar surface area (TPSA) is 150 Å². The minimum absolute atomic E-state index is 0.0365. The highest BCUT2D eigenvalue weighted by Gasteiger charge is 2.52. The summed E-state index contributed by atoms with van der Waals surface area (Å²) in [5.74, 6) is -3.08. The van der Waals surface area contributed by atoms with Crippen LogP contribution < -0.4 is 4.90 Å². The quantitative estimate of drug-likeness (QED) is 0.258. The number of ether oxygens (including phenoxy) is 1. The van der Waals surface area contributed by atoms with Gasteiger partial charge in [0.2, 0.25) is 0 Å². The first-order valence-corrected chi connectivity index (χ1v) is 7.79. The molecule has 0 spiro atoms. The Labute approximate surface area is 150 Å². The van der Waals surface area contributed by atoms with Gasteiger partial charge in [-0.3, -0.25) is 9.80 Å². The molecule has 1 aromatic rings. The molecule has 2 heterocycles. The molecule has 1 aromatic heterocycles. The number of carbonyl (C=O) groups is 1. The Kier molecular flexibility index (Phi) is 4.88. The van der Waals surface area contributed by atoms with Crippen LogP contribution in [-0.2, 0) is 4.74 Å². The summed E-state index contributed by atoms with van der Waals surface area (Å²) in [6, 6.07) is 2.30. The zero-order chi connectivity index (χ0) is 19.9. The molecule has 1 saturated heterocycles. The Morgan fingerprint density at radius 3 is 2.38 bits per heavy atom. The second kappa shape index (κ2) is 6.38. The van der Waals surface area contributed by atoms with Crippen LogP contribution >= 0.6 is 0 Å². The number of pyridine rings is 1. The zero-order valence-electron chi connectivity index (χ0n) is 14.9. The number of piperazine rings is 1. The maximum absolute atomic E-state index is 12.2. The molecule has 11 nitrogen and oxygen atoms in total. The molecular weight excluding hydrogens is 347 g/mol. The maximum atomic E-state index is 12.2. The first kappa shape index (κ1) is 19.9. The van der Waals surface area contributed by atoms with E-state index in [1.165, 1.54) is 13.9 Å². The van der Waals surface area contributed by atoms with E-state index in [2.05, 4.69) is 4.98 Å². The van der Waals surface area contributed by atoms with E-state index in [0.717, 1.165) is 22.1 Å². The van der Waals surface area contributed by atoms with Gasteiger partial charge in [0, 0.05) is 6.07 Å². The van der Waals surface area contributed by atoms with E-state index in [4.69, 9.17) is 4.74 Å².